The molecule has 0 bridgehead atoms. The van der Waals surface area contributed by atoms with Gasteiger partial charge in [0, 0.05) is 6.54 Å². The number of hydrogen-bond acceptors (Lipinski definition) is 4. The lowest BCUT2D eigenvalue weighted by Crippen LogP contribution is -2.28. The number of benzene rings is 1. The molecule has 1 rings (SSSR count). The van der Waals surface area contributed by atoms with Crippen molar-refractivity contribution in [3.63, 3.8) is 0 Å². The SMILES string of the molecule is CCC(O)CCNS(=O)(=O)Cc1ccc(C(=O)O)cc1. The minimum Gasteiger partial charge on any atom is -0.478 e. The van der Waals surface area contributed by atoms with Crippen molar-refractivity contribution in [3.8, 4) is 0 Å². The van der Waals surface area contributed by atoms with Crippen molar-refractivity contribution >= 4 is 16.0 Å². The number of aromatic carboxylic acids is 1. The maximum atomic E-state index is 11.8. The molecule has 1 aromatic carbocycles. The van der Waals surface area contributed by atoms with E-state index in [0.717, 1.165) is 0 Å². The van der Waals surface area contributed by atoms with Crippen molar-refractivity contribution in [1.29, 1.82) is 0 Å². The number of sulfonamides is 1. The lowest BCUT2D eigenvalue weighted by atomic mass is 10.1. The van der Waals surface area contributed by atoms with E-state index in [4.69, 9.17) is 5.11 Å². The van der Waals surface area contributed by atoms with Gasteiger partial charge in [-0.05, 0) is 30.5 Å². The molecule has 112 valence electrons. The predicted octanol–water partition coefficient (Wildman–Crippen LogP) is 0.965. The molecule has 1 unspecified atom stereocenters. The van der Waals surface area contributed by atoms with Crippen molar-refractivity contribution in [2.24, 2.45) is 0 Å². The zero-order chi connectivity index (χ0) is 15.2. The summed E-state index contributed by atoms with van der Waals surface area (Å²) in [7, 11) is -3.48. The Morgan fingerprint density at radius 1 is 1.30 bits per heavy atom. The predicted molar refractivity (Wildman–Crippen MR) is 74.9 cm³/mol. The Balaban J connectivity index is 2.55. The smallest absolute Gasteiger partial charge is 0.335 e. The van der Waals surface area contributed by atoms with Crippen molar-refractivity contribution in [3.05, 3.63) is 35.4 Å². The fourth-order valence-electron chi connectivity index (χ4n) is 1.60. The van der Waals surface area contributed by atoms with Gasteiger partial charge in [0.25, 0.3) is 0 Å². The van der Waals surface area contributed by atoms with E-state index in [1.807, 2.05) is 6.92 Å². The summed E-state index contributed by atoms with van der Waals surface area (Å²) in [6.45, 7) is 2.01. The van der Waals surface area contributed by atoms with Gasteiger partial charge in [0.1, 0.15) is 0 Å². The first-order chi connectivity index (χ1) is 9.34. The molecule has 1 atom stereocenters. The minimum absolute atomic E-state index is 0.116. The molecule has 20 heavy (non-hydrogen) atoms. The molecule has 6 nitrogen and oxygen atoms in total. The first-order valence-corrected chi connectivity index (χ1v) is 7.97. The molecule has 0 amide bonds. The van der Waals surface area contributed by atoms with Crippen LogP contribution in [0.1, 0.15) is 35.7 Å². The van der Waals surface area contributed by atoms with E-state index in [-0.39, 0.29) is 17.9 Å². The van der Waals surface area contributed by atoms with E-state index < -0.39 is 22.1 Å². The van der Waals surface area contributed by atoms with Crippen LogP contribution in [0.4, 0.5) is 0 Å². The summed E-state index contributed by atoms with van der Waals surface area (Å²) in [5, 5.41) is 18.1. The topological polar surface area (TPSA) is 104 Å². The largest absolute Gasteiger partial charge is 0.478 e. The molecule has 0 saturated heterocycles. The van der Waals surface area contributed by atoms with Crippen molar-refractivity contribution in [2.45, 2.75) is 31.6 Å². The Morgan fingerprint density at radius 2 is 1.90 bits per heavy atom. The number of carboxylic acids is 1. The normalized spacial score (nSPS) is 13.1. The first-order valence-electron chi connectivity index (χ1n) is 6.31. The van der Waals surface area contributed by atoms with E-state index >= 15 is 0 Å². The van der Waals surface area contributed by atoms with Crippen LogP contribution in [-0.2, 0) is 15.8 Å². The molecule has 1 aromatic rings. The summed E-state index contributed by atoms with van der Waals surface area (Å²) in [6.07, 6.45) is 0.444. The zero-order valence-corrected chi connectivity index (χ0v) is 12.1. The van der Waals surface area contributed by atoms with Gasteiger partial charge >= 0.3 is 5.97 Å². The third-order valence-corrected chi connectivity index (χ3v) is 4.19. The number of hydrogen-bond donors (Lipinski definition) is 3. The van der Waals surface area contributed by atoms with Crippen LogP contribution in [0.5, 0.6) is 0 Å². The van der Waals surface area contributed by atoms with Crippen LogP contribution in [0.3, 0.4) is 0 Å². The summed E-state index contributed by atoms with van der Waals surface area (Å²) >= 11 is 0. The second kappa shape index (κ2) is 7.37. The Kier molecular flexibility index (Phi) is 6.12. The van der Waals surface area contributed by atoms with Crippen LogP contribution in [-0.4, -0.2) is 37.2 Å². The van der Waals surface area contributed by atoms with Crippen molar-refractivity contribution < 1.29 is 23.4 Å². The summed E-state index contributed by atoms with van der Waals surface area (Å²) in [5.74, 6) is -1.26. The van der Waals surface area contributed by atoms with E-state index in [1.165, 1.54) is 24.3 Å². The lowest BCUT2D eigenvalue weighted by molar-refractivity contribution is 0.0697. The van der Waals surface area contributed by atoms with Crippen LogP contribution in [0.15, 0.2) is 24.3 Å². The van der Waals surface area contributed by atoms with E-state index in [9.17, 15) is 18.3 Å². The molecule has 7 heteroatoms. The molecule has 0 heterocycles. The number of aliphatic hydroxyl groups is 1. The Labute approximate surface area is 118 Å². The quantitative estimate of drug-likeness (QED) is 0.663. The fourth-order valence-corrected chi connectivity index (χ4v) is 2.76. The monoisotopic (exact) mass is 301 g/mol. The summed E-state index contributed by atoms with van der Waals surface area (Å²) in [4.78, 5) is 10.7. The zero-order valence-electron chi connectivity index (χ0n) is 11.2. The number of rotatable bonds is 8. The number of carbonyl (C=O) groups is 1. The van der Waals surface area contributed by atoms with Gasteiger partial charge in [0.15, 0.2) is 0 Å². The van der Waals surface area contributed by atoms with Gasteiger partial charge in [-0.15, -0.1) is 0 Å². The highest BCUT2D eigenvalue weighted by atomic mass is 32.2. The molecule has 0 aliphatic carbocycles. The van der Waals surface area contributed by atoms with Crippen molar-refractivity contribution in [1.82, 2.24) is 4.72 Å². The molecular formula is C13H19NO5S. The van der Waals surface area contributed by atoms with Crippen LogP contribution in [0, 0.1) is 0 Å². The summed E-state index contributed by atoms with van der Waals surface area (Å²) < 4.78 is 26.0. The van der Waals surface area contributed by atoms with E-state index in [2.05, 4.69) is 4.72 Å². The van der Waals surface area contributed by atoms with Gasteiger partial charge in [0.05, 0.1) is 17.4 Å². The minimum atomic E-state index is -3.48. The third-order valence-electron chi connectivity index (χ3n) is 2.83. The Hall–Kier alpha value is -1.44. The van der Waals surface area contributed by atoms with Crippen molar-refractivity contribution in [2.75, 3.05) is 6.54 Å². The molecule has 0 aliphatic rings. The average molecular weight is 301 g/mol. The number of aliphatic hydroxyl groups excluding tert-OH is 1. The maximum absolute atomic E-state index is 11.8. The molecule has 0 aliphatic heterocycles. The molecule has 3 N–H and O–H groups in total. The molecule has 0 fully saturated rings. The highest BCUT2D eigenvalue weighted by Crippen LogP contribution is 2.08. The van der Waals surface area contributed by atoms with E-state index in [1.54, 1.807) is 0 Å². The highest BCUT2D eigenvalue weighted by Gasteiger charge is 2.12. The van der Waals surface area contributed by atoms with Gasteiger partial charge in [-0.1, -0.05) is 19.1 Å². The van der Waals surface area contributed by atoms with Gasteiger partial charge in [-0.3, -0.25) is 0 Å². The molecule has 0 aromatic heterocycles. The number of carboxylic acid groups (broad SMARTS) is 1. The average Bonchev–Trinajstić information content (AvgIpc) is 2.38. The fraction of sp³-hybridized carbons (Fsp3) is 0.462. The number of nitrogens with one attached hydrogen (secondary N) is 1. The first kappa shape index (κ1) is 16.6. The second-order valence-electron chi connectivity index (χ2n) is 4.51. The summed E-state index contributed by atoms with van der Waals surface area (Å²) in [5.41, 5.74) is 0.628. The van der Waals surface area contributed by atoms with Gasteiger partial charge in [-0.2, -0.15) is 0 Å². The summed E-state index contributed by atoms with van der Waals surface area (Å²) in [6, 6.07) is 5.69. The van der Waals surface area contributed by atoms with Crippen LogP contribution < -0.4 is 4.72 Å². The van der Waals surface area contributed by atoms with Gasteiger partial charge in [-0.25, -0.2) is 17.9 Å². The lowest BCUT2D eigenvalue weighted by Gasteiger charge is -2.09. The Bertz CT molecular complexity index is 538. The van der Waals surface area contributed by atoms with Crippen LogP contribution in [0.2, 0.25) is 0 Å². The van der Waals surface area contributed by atoms with E-state index in [0.29, 0.717) is 18.4 Å². The van der Waals surface area contributed by atoms with Gasteiger partial charge in [0.2, 0.25) is 10.0 Å². The highest BCUT2D eigenvalue weighted by molar-refractivity contribution is 7.88. The third kappa shape index (κ3) is 5.68. The second-order valence-corrected chi connectivity index (χ2v) is 6.31. The van der Waals surface area contributed by atoms with Crippen LogP contribution >= 0.6 is 0 Å². The van der Waals surface area contributed by atoms with Gasteiger partial charge < -0.3 is 10.2 Å². The standard InChI is InChI=1S/C13H19NO5S/c1-2-12(15)7-8-14-20(18,19)9-10-3-5-11(6-4-10)13(16)17/h3-6,12,14-15H,2,7-9H2,1H3,(H,16,17). The molecule has 0 spiro atoms. The molecule has 0 radical (unpaired) electrons. The Morgan fingerprint density at radius 3 is 2.40 bits per heavy atom. The molecular weight excluding hydrogens is 282 g/mol. The van der Waals surface area contributed by atoms with Crippen LogP contribution in [0.25, 0.3) is 0 Å². The molecule has 0 saturated carbocycles. The maximum Gasteiger partial charge on any atom is 0.335 e.